The Bertz CT molecular complexity index is 418. The van der Waals surface area contributed by atoms with E-state index < -0.39 is 0 Å². The van der Waals surface area contributed by atoms with Crippen LogP contribution in [0.3, 0.4) is 0 Å². The molecular formula is C5H4N4O. The standard InChI is InChI=1S/C5H4N4O/c10-5-6-1-3-4(9-5)8-2-7-3/h1H,2H2,(H,8,9,10). The van der Waals surface area contributed by atoms with E-state index in [0.29, 0.717) is 17.5 Å². The Morgan fingerprint density at radius 3 is 3.30 bits per heavy atom. The van der Waals surface area contributed by atoms with Crippen LogP contribution in [0.4, 0.5) is 0 Å². The molecule has 2 rings (SSSR count). The van der Waals surface area contributed by atoms with Crippen molar-refractivity contribution in [2.24, 2.45) is 9.98 Å². The summed E-state index contributed by atoms with van der Waals surface area (Å²) >= 11 is 0. The highest BCUT2D eigenvalue weighted by atomic mass is 16.1. The molecule has 0 spiro atoms. The van der Waals surface area contributed by atoms with Gasteiger partial charge in [-0.1, -0.05) is 0 Å². The summed E-state index contributed by atoms with van der Waals surface area (Å²) in [4.78, 5) is 24.3. The van der Waals surface area contributed by atoms with Gasteiger partial charge in [0, 0.05) is 0 Å². The molecule has 0 unspecified atom stereocenters. The fourth-order valence-corrected chi connectivity index (χ4v) is 0.797. The lowest BCUT2D eigenvalue weighted by atomic mass is 10.6. The summed E-state index contributed by atoms with van der Waals surface area (Å²) in [5.74, 6) is 0. The van der Waals surface area contributed by atoms with Gasteiger partial charge in [-0.05, 0) is 0 Å². The van der Waals surface area contributed by atoms with Crippen LogP contribution in [0.15, 0.2) is 21.0 Å². The summed E-state index contributed by atoms with van der Waals surface area (Å²) in [6.45, 7) is 0.400. The number of aromatic nitrogens is 2. The van der Waals surface area contributed by atoms with Crippen molar-refractivity contribution in [2.75, 3.05) is 6.67 Å². The van der Waals surface area contributed by atoms with Crippen molar-refractivity contribution in [3.63, 3.8) is 0 Å². The average molecular weight is 136 g/mol. The highest BCUT2D eigenvalue weighted by molar-refractivity contribution is 4.83. The van der Waals surface area contributed by atoms with E-state index in [0.717, 1.165) is 0 Å². The minimum Gasteiger partial charge on any atom is -0.289 e. The minimum absolute atomic E-state index is 0.375. The van der Waals surface area contributed by atoms with Crippen LogP contribution >= 0.6 is 0 Å². The molecule has 0 atom stereocenters. The van der Waals surface area contributed by atoms with Gasteiger partial charge in [0.2, 0.25) is 0 Å². The smallest absolute Gasteiger partial charge is 0.289 e. The van der Waals surface area contributed by atoms with E-state index in [2.05, 4.69) is 20.0 Å². The first-order valence-corrected chi connectivity index (χ1v) is 2.80. The van der Waals surface area contributed by atoms with E-state index in [1.165, 1.54) is 6.20 Å². The van der Waals surface area contributed by atoms with E-state index in [-0.39, 0.29) is 5.69 Å². The Balaban J connectivity index is 3.01. The monoisotopic (exact) mass is 136 g/mol. The maximum Gasteiger partial charge on any atom is 0.346 e. The second kappa shape index (κ2) is 1.73. The van der Waals surface area contributed by atoms with Gasteiger partial charge in [0.15, 0.2) is 5.49 Å². The van der Waals surface area contributed by atoms with Crippen molar-refractivity contribution in [1.82, 2.24) is 9.97 Å². The van der Waals surface area contributed by atoms with Gasteiger partial charge in [0.1, 0.15) is 12.0 Å². The van der Waals surface area contributed by atoms with Crippen LogP contribution in [0, 0.1) is 0 Å². The molecule has 0 saturated carbocycles. The molecule has 1 aliphatic rings. The number of hydrogen-bond acceptors (Lipinski definition) is 4. The molecule has 10 heavy (non-hydrogen) atoms. The topological polar surface area (TPSA) is 70.5 Å². The molecule has 0 aromatic carbocycles. The molecule has 0 aliphatic carbocycles. The second-order valence-electron chi connectivity index (χ2n) is 1.88. The number of fused-ring (bicyclic) bond motifs is 1. The molecule has 0 amide bonds. The summed E-state index contributed by atoms with van der Waals surface area (Å²) in [7, 11) is 0. The van der Waals surface area contributed by atoms with Crippen LogP contribution in [0.25, 0.3) is 0 Å². The second-order valence-corrected chi connectivity index (χ2v) is 1.88. The molecule has 0 radical (unpaired) electrons. The van der Waals surface area contributed by atoms with Crippen LogP contribution < -0.4 is 16.5 Å². The Hall–Kier alpha value is -1.52. The molecule has 5 heteroatoms. The zero-order chi connectivity index (χ0) is 6.97. The average Bonchev–Trinajstić information content (AvgIpc) is 2.33. The number of aromatic amines is 1. The number of nitrogens with one attached hydrogen (secondary N) is 1. The van der Waals surface area contributed by atoms with Crippen LogP contribution in [0.2, 0.25) is 0 Å². The van der Waals surface area contributed by atoms with E-state index >= 15 is 0 Å². The summed E-state index contributed by atoms with van der Waals surface area (Å²) in [6, 6.07) is 0. The molecule has 50 valence electrons. The summed E-state index contributed by atoms with van der Waals surface area (Å²) in [6.07, 6.45) is 1.42. The molecule has 0 saturated heterocycles. The Labute approximate surface area is 55.2 Å². The van der Waals surface area contributed by atoms with E-state index in [9.17, 15) is 4.79 Å². The molecule has 0 bridgehead atoms. The quantitative estimate of drug-likeness (QED) is 0.447. The van der Waals surface area contributed by atoms with Crippen LogP contribution in [-0.4, -0.2) is 16.6 Å². The van der Waals surface area contributed by atoms with Gasteiger partial charge >= 0.3 is 5.69 Å². The van der Waals surface area contributed by atoms with Gasteiger partial charge in [-0.3, -0.25) is 9.98 Å². The highest BCUT2D eigenvalue weighted by Gasteiger charge is 1.94. The Morgan fingerprint density at radius 1 is 1.50 bits per heavy atom. The number of H-pyrrole nitrogens is 1. The highest BCUT2D eigenvalue weighted by Crippen LogP contribution is 1.69. The molecule has 1 aromatic rings. The first kappa shape index (κ1) is 5.28. The van der Waals surface area contributed by atoms with Crippen molar-refractivity contribution in [1.29, 1.82) is 0 Å². The first-order chi connectivity index (χ1) is 4.86. The molecular weight excluding hydrogens is 132 g/mol. The van der Waals surface area contributed by atoms with Crippen molar-refractivity contribution in [3.05, 3.63) is 27.5 Å². The van der Waals surface area contributed by atoms with Gasteiger partial charge < -0.3 is 0 Å². The van der Waals surface area contributed by atoms with E-state index in [4.69, 9.17) is 0 Å². The Kier molecular flexibility index (Phi) is 0.913. The molecule has 1 aromatic heterocycles. The van der Waals surface area contributed by atoms with Crippen LogP contribution in [0.5, 0.6) is 0 Å². The zero-order valence-corrected chi connectivity index (χ0v) is 5.03. The van der Waals surface area contributed by atoms with E-state index in [1.54, 1.807) is 0 Å². The minimum atomic E-state index is -0.375. The molecule has 2 heterocycles. The van der Waals surface area contributed by atoms with Gasteiger partial charge in [0.05, 0.1) is 6.20 Å². The summed E-state index contributed by atoms with van der Waals surface area (Å²) in [5, 5.41) is 0.666. The van der Waals surface area contributed by atoms with Gasteiger partial charge in [-0.15, -0.1) is 0 Å². The van der Waals surface area contributed by atoms with Crippen molar-refractivity contribution < 1.29 is 0 Å². The lowest BCUT2D eigenvalue weighted by Gasteiger charge is -1.77. The predicted molar refractivity (Wildman–Crippen MR) is 32.0 cm³/mol. The van der Waals surface area contributed by atoms with Crippen molar-refractivity contribution in [2.45, 2.75) is 0 Å². The fraction of sp³-hybridized carbons (Fsp3) is 0.200. The van der Waals surface area contributed by atoms with Gasteiger partial charge in [-0.2, -0.15) is 4.98 Å². The molecule has 1 aliphatic heterocycles. The molecule has 0 fully saturated rings. The third kappa shape index (κ3) is 0.637. The van der Waals surface area contributed by atoms with Gasteiger partial charge in [0.25, 0.3) is 0 Å². The largest absolute Gasteiger partial charge is 0.346 e. The first-order valence-electron chi connectivity index (χ1n) is 2.80. The zero-order valence-electron chi connectivity index (χ0n) is 5.03. The Morgan fingerprint density at radius 2 is 2.40 bits per heavy atom. The van der Waals surface area contributed by atoms with Crippen molar-refractivity contribution >= 4 is 0 Å². The van der Waals surface area contributed by atoms with Crippen molar-refractivity contribution in [3.8, 4) is 0 Å². The van der Waals surface area contributed by atoms with E-state index in [1.807, 2.05) is 0 Å². The summed E-state index contributed by atoms with van der Waals surface area (Å²) < 4.78 is 0. The molecule has 5 nitrogen and oxygen atoms in total. The maximum atomic E-state index is 10.6. The number of hydrogen-bond donors (Lipinski definition) is 1. The predicted octanol–water partition coefficient (Wildman–Crippen LogP) is -2.02. The third-order valence-corrected chi connectivity index (χ3v) is 1.24. The number of nitrogens with zero attached hydrogens (tertiary/aromatic N) is 3. The maximum absolute atomic E-state index is 10.6. The number of rotatable bonds is 0. The van der Waals surface area contributed by atoms with Crippen LogP contribution in [0.1, 0.15) is 0 Å². The lowest BCUT2D eigenvalue weighted by molar-refractivity contribution is 0.980. The normalized spacial score (nSPS) is 13.6. The van der Waals surface area contributed by atoms with Gasteiger partial charge in [-0.25, -0.2) is 9.79 Å². The fourth-order valence-electron chi connectivity index (χ4n) is 0.797. The van der Waals surface area contributed by atoms with Crippen LogP contribution in [-0.2, 0) is 0 Å². The third-order valence-electron chi connectivity index (χ3n) is 1.24. The molecule has 1 N–H and O–H groups in total. The lowest BCUT2D eigenvalue weighted by Crippen LogP contribution is -2.33. The SMILES string of the molecule is O=c1ncc2c([nH]1)=NCN=2. The summed E-state index contributed by atoms with van der Waals surface area (Å²) in [5.41, 5.74) is 0.166.